The molecule has 1 aliphatic rings. The molecule has 2 N–H and O–H groups in total. The monoisotopic (exact) mass is 256 g/mol. The molecule has 1 aliphatic heterocycles. The van der Waals surface area contributed by atoms with Gasteiger partial charge in [0.2, 0.25) is 0 Å². The molecule has 0 amide bonds. The largest absolute Gasteiger partial charge is 0.535 e. The van der Waals surface area contributed by atoms with Gasteiger partial charge in [0.05, 0.1) is 12.1 Å². The van der Waals surface area contributed by atoms with Crippen LogP contribution in [0.3, 0.4) is 0 Å². The molecule has 90 valence electrons. The summed E-state index contributed by atoms with van der Waals surface area (Å²) < 4.78 is 10.1. The molecular formula is C10H10BClO5. The van der Waals surface area contributed by atoms with Crippen molar-refractivity contribution in [1.82, 2.24) is 0 Å². The van der Waals surface area contributed by atoms with Gasteiger partial charge >= 0.3 is 13.1 Å². The molecule has 7 heteroatoms. The van der Waals surface area contributed by atoms with Gasteiger partial charge < -0.3 is 19.5 Å². The van der Waals surface area contributed by atoms with Gasteiger partial charge in [0.25, 0.3) is 0 Å². The lowest BCUT2D eigenvalue weighted by Gasteiger charge is -2.23. The fraction of sp³-hybridized carbons (Fsp3) is 0.300. The molecule has 1 aromatic rings. The summed E-state index contributed by atoms with van der Waals surface area (Å²) in [5.74, 6) is -1.01. The first-order valence-corrected chi connectivity index (χ1v) is 5.39. The van der Waals surface area contributed by atoms with Crippen LogP contribution in [0.15, 0.2) is 6.07 Å². The second-order valence-corrected chi connectivity index (χ2v) is 4.08. The molecule has 0 saturated carbocycles. The minimum atomic E-state index is -1.20. The van der Waals surface area contributed by atoms with E-state index >= 15 is 0 Å². The van der Waals surface area contributed by atoms with E-state index in [0.29, 0.717) is 18.3 Å². The molecule has 0 aromatic heterocycles. The summed E-state index contributed by atoms with van der Waals surface area (Å²) in [6.45, 7) is 0. The van der Waals surface area contributed by atoms with E-state index in [-0.39, 0.29) is 22.1 Å². The van der Waals surface area contributed by atoms with Gasteiger partial charge in [-0.1, -0.05) is 11.6 Å². The first kappa shape index (κ1) is 12.1. The topological polar surface area (TPSA) is 76.0 Å². The summed E-state index contributed by atoms with van der Waals surface area (Å²) in [5, 5.41) is 18.8. The zero-order valence-corrected chi connectivity index (χ0v) is 9.82. The molecule has 0 bridgehead atoms. The number of carboxylic acids is 1. The first-order chi connectivity index (χ1) is 8.04. The van der Waals surface area contributed by atoms with E-state index in [1.54, 1.807) is 6.07 Å². The van der Waals surface area contributed by atoms with E-state index in [9.17, 15) is 9.82 Å². The van der Waals surface area contributed by atoms with Crippen molar-refractivity contribution in [2.75, 3.05) is 7.11 Å². The fourth-order valence-corrected chi connectivity index (χ4v) is 2.16. The zero-order chi connectivity index (χ0) is 12.6. The van der Waals surface area contributed by atoms with Crippen LogP contribution in [0.2, 0.25) is 11.3 Å². The normalized spacial score (nSPS) is 13.9. The fourth-order valence-electron chi connectivity index (χ4n) is 1.86. The average molecular weight is 256 g/mol. The van der Waals surface area contributed by atoms with Crippen LogP contribution in [0.1, 0.15) is 15.9 Å². The molecule has 0 aliphatic carbocycles. The summed E-state index contributed by atoms with van der Waals surface area (Å²) in [4.78, 5) is 11.2. The van der Waals surface area contributed by atoms with Crippen molar-refractivity contribution in [3.05, 3.63) is 22.2 Å². The number of rotatable bonds is 2. The molecule has 2 rings (SSSR count). The number of benzene rings is 1. The highest BCUT2D eigenvalue weighted by Crippen LogP contribution is 2.41. The van der Waals surface area contributed by atoms with Crippen molar-refractivity contribution in [2.24, 2.45) is 0 Å². The van der Waals surface area contributed by atoms with Gasteiger partial charge in [-0.2, -0.15) is 0 Å². The lowest BCUT2D eigenvalue weighted by atomic mass is 9.78. The van der Waals surface area contributed by atoms with E-state index in [4.69, 9.17) is 26.1 Å². The summed E-state index contributed by atoms with van der Waals surface area (Å²) in [6, 6.07) is 1.61. The molecule has 0 radical (unpaired) electrons. The first-order valence-electron chi connectivity index (χ1n) is 5.02. The number of aryl methyl sites for hydroxylation is 1. The Bertz CT molecular complexity index is 476. The Morgan fingerprint density at radius 1 is 1.65 bits per heavy atom. The van der Waals surface area contributed by atoms with Gasteiger partial charge in [-0.25, -0.2) is 4.79 Å². The number of fused-ring (bicyclic) bond motifs is 1. The maximum atomic E-state index is 11.2. The lowest BCUT2D eigenvalue weighted by Crippen LogP contribution is -2.28. The van der Waals surface area contributed by atoms with Crippen LogP contribution in [0.5, 0.6) is 11.5 Å². The molecule has 0 spiro atoms. The van der Waals surface area contributed by atoms with E-state index in [0.717, 1.165) is 0 Å². The Morgan fingerprint density at radius 3 is 2.94 bits per heavy atom. The molecule has 1 aromatic carbocycles. The molecule has 0 atom stereocenters. The molecule has 0 fully saturated rings. The Morgan fingerprint density at radius 2 is 2.35 bits per heavy atom. The smallest absolute Gasteiger partial charge is 0.522 e. The second kappa shape index (κ2) is 4.47. The highest BCUT2D eigenvalue weighted by atomic mass is 35.5. The Balaban J connectivity index is 2.66. The van der Waals surface area contributed by atoms with Crippen LogP contribution in [0.25, 0.3) is 0 Å². The Labute approximate surface area is 103 Å². The number of carbonyl (C=O) groups is 1. The van der Waals surface area contributed by atoms with Crippen molar-refractivity contribution < 1.29 is 24.3 Å². The van der Waals surface area contributed by atoms with Crippen LogP contribution in [0.4, 0.5) is 0 Å². The Kier molecular flexibility index (Phi) is 3.17. The summed E-state index contributed by atoms with van der Waals surface area (Å²) in [7, 11) is 0.339. The second-order valence-electron chi connectivity index (χ2n) is 3.67. The number of aromatic carboxylic acids is 1. The predicted molar refractivity (Wildman–Crippen MR) is 62.1 cm³/mol. The van der Waals surface area contributed by atoms with Gasteiger partial charge in [0.1, 0.15) is 11.3 Å². The van der Waals surface area contributed by atoms with Crippen LogP contribution < -0.4 is 9.39 Å². The zero-order valence-electron chi connectivity index (χ0n) is 9.07. The van der Waals surface area contributed by atoms with E-state index in [1.165, 1.54) is 7.11 Å². The minimum Gasteiger partial charge on any atom is -0.535 e. The average Bonchev–Trinajstić information content (AvgIpc) is 2.27. The molecule has 17 heavy (non-hydrogen) atoms. The molecule has 0 saturated heterocycles. The number of hydrogen-bond acceptors (Lipinski definition) is 4. The van der Waals surface area contributed by atoms with Crippen LogP contribution in [-0.2, 0) is 6.42 Å². The van der Waals surface area contributed by atoms with E-state index in [2.05, 4.69) is 0 Å². The quantitative estimate of drug-likeness (QED) is 0.784. The van der Waals surface area contributed by atoms with E-state index < -0.39 is 13.1 Å². The third-order valence-corrected chi connectivity index (χ3v) is 2.88. The molecule has 0 unspecified atom stereocenters. The van der Waals surface area contributed by atoms with Gasteiger partial charge in [0.15, 0.2) is 5.75 Å². The highest BCUT2D eigenvalue weighted by molar-refractivity contribution is 6.44. The van der Waals surface area contributed by atoms with Crippen molar-refractivity contribution in [3.63, 3.8) is 0 Å². The van der Waals surface area contributed by atoms with Crippen molar-refractivity contribution >= 4 is 24.7 Å². The SMILES string of the molecule is COc1c(Cl)cc2c(c1C(=O)O)OB(O)CC2. The van der Waals surface area contributed by atoms with Gasteiger partial charge in [0, 0.05) is 0 Å². The molecule has 5 nitrogen and oxygen atoms in total. The third-order valence-electron chi connectivity index (χ3n) is 2.60. The van der Waals surface area contributed by atoms with E-state index in [1.807, 2.05) is 0 Å². The van der Waals surface area contributed by atoms with Gasteiger partial charge in [-0.05, 0) is 24.4 Å². The maximum Gasteiger partial charge on any atom is 0.522 e. The van der Waals surface area contributed by atoms with Gasteiger partial charge in [-0.15, -0.1) is 0 Å². The summed E-state index contributed by atoms with van der Waals surface area (Å²) in [6.07, 6.45) is 0.926. The predicted octanol–water partition coefficient (Wildman–Crippen LogP) is 1.46. The van der Waals surface area contributed by atoms with Crippen molar-refractivity contribution in [2.45, 2.75) is 12.7 Å². The number of methoxy groups -OCH3 is 1. The summed E-state index contributed by atoms with van der Waals surface area (Å²) >= 11 is 5.94. The van der Waals surface area contributed by atoms with Crippen molar-refractivity contribution in [1.29, 1.82) is 0 Å². The third kappa shape index (κ3) is 2.05. The van der Waals surface area contributed by atoms with Crippen LogP contribution >= 0.6 is 11.6 Å². The van der Waals surface area contributed by atoms with Crippen LogP contribution in [-0.4, -0.2) is 30.3 Å². The number of ether oxygens (including phenoxy) is 1. The van der Waals surface area contributed by atoms with Gasteiger partial charge in [-0.3, -0.25) is 0 Å². The number of hydrogen-bond donors (Lipinski definition) is 2. The summed E-state index contributed by atoms with van der Waals surface area (Å²) in [5.41, 5.74) is 0.521. The standard InChI is InChI=1S/C10H10BClO5/c1-16-9-6(12)4-5-2-3-11(15)17-8(5)7(9)10(13)14/h4,15H,2-3H2,1H3,(H,13,14). The molecule has 1 heterocycles. The minimum absolute atomic E-state index is 0.0482. The Hall–Kier alpha value is -1.40. The van der Waals surface area contributed by atoms with Crippen LogP contribution in [0, 0.1) is 0 Å². The number of carboxylic acid groups (broad SMARTS) is 1. The maximum absolute atomic E-state index is 11.2. The van der Waals surface area contributed by atoms with Crippen molar-refractivity contribution in [3.8, 4) is 11.5 Å². The lowest BCUT2D eigenvalue weighted by molar-refractivity contribution is 0.0690. The molecular weight excluding hydrogens is 246 g/mol. The number of halogens is 1. The highest BCUT2D eigenvalue weighted by Gasteiger charge is 2.31.